The zero-order chi connectivity index (χ0) is 47.0. The molecule has 7 N–H and O–H groups in total. The van der Waals surface area contributed by atoms with Crippen LogP contribution in [-0.2, 0) is 40.1 Å². The van der Waals surface area contributed by atoms with E-state index in [2.05, 4.69) is 47.8 Å². The zero-order valence-electron chi connectivity index (χ0n) is 36.7. The van der Waals surface area contributed by atoms with Crippen LogP contribution in [0.5, 0.6) is 0 Å². The number of carbonyl (C=O) groups excluding carboxylic acids is 7. The average Bonchev–Trinajstić information content (AvgIpc) is 3.63. The SMILES string of the molecule is CC(=O)N[C@@H](C)C(=O)N[C@@H](C)C(=O)N[C@@H](C)C(=O)N[C@@H](CCN(C(=O)CO)[C@@H](c1cc(-c2cc(F)ccc2F)cn1Cc1ccccc1)C(C)(C)C)C(=O)NCCCNC(=O)CBr. The van der Waals surface area contributed by atoms with Crippen molar-refractivity contribution in [1.82, 2.24) is 41.4 Å². The summed E-state index contributed by atoms with van der Waals surface area (Å²) in [7, 11) is 0. The Kier molecular flexibility index (Phi) is 19.9. The van der Waals surface area contributed by atoms with Crippen LogP contribution in [0.3, 0.4) is 0 Å². The molecule has 1 aromatic heterocycles. The fourth-order valence-corrected chi connectivity index (χ4v) is 7.01. The number of hydrogen-bond donors (Lipinski definition) is 7. The number of amides is 7. The minimum absolute atomic E-state index is 0.000466. The van der Waals surface area contributed by atoms with Crippen molar-refractivity contribution in [3.63, 3.8) is 0 Å². The van der Waals surface area contributed by atoms with E-state index in [4.69, 9.17) is 0 Å². The Labute approximate surface area is 374 Å². The molecule has 7 amide bonds. The van der Waals surface area contributed by atoms with E-state index in [0.717, 1.165) is 23.8 Å². The molecule has 63 heavy (non-hydrogen) atoms. The fraction of sp³-hybridized carbons (Fsp3) is 0.477. The second-order valence-electron chi connectivity index (χ2n) is 16.3. The largest absolute Gasteiger partial charge is 0.387 e. The van der Waals surface area contributed by atoms with Gasteiger partial charge in [0.05, 0.1) is 11.4 Å². The number of aromatic nitrogens is 1. The molecular formula is C44H59BrF2N8O8. The predicted molar refractivity (Wildman–Crippen MR) is 236 cm³/mol. The van der Waals surface area contributed by atoms with Gasteiger partial charge in [-0.3, -0.25) is 33.6 Å². The first-order valence-corrected chi connectivity index (χ1v) is 21.7. The topological polar surface area (TPSA) is 220 Å². The van der Waals surface area contributed by atoms with E-state index in [-0.39, 0.29) is 49.4 Å². The van der Waals surface area contributed by atoms with Gasteiger partial charge in [0.1, 0.15) is 42.4 Å². The number of hydrogen-bond acceptors (Lipinski definition) is 8. The third kappa shape index (κ3) is 15.9. The van der Waals surface area contributed by atoms with Crippen molar-refractivity contribution in [2.75, 3.05) is 31.6 Å². The molecule has 1 heterocycles. The van der Waals surface area contributed by atoms with E-state index in [9.17, 15) is 43.1 Å². The highest BCUT2D eigenvalue weighted by Gasteiger charge is 2.38. The van der Waals surface area contributed by atoms with Crippen LogP contribution in [0.4, 0.5) is 8.78 Å². The average molecular weight is 946 g/mol. The molecule has 0 fully saturated rings. The first-order valence-electron chi connectivity index (χ1n) is 20.5. The molecule has 0 saturated heterocycles. The highest BCUT2D eigenvalue weighted by Crippen LogP contribution is 2.41. The Hall–Kier alpha value is -5.69. The van der Waals surface area contributed by atoms with E-state index in [1.54, 1.807) is 12.3 Å². The van der Waals surface area contributed by atoms with Crippen LogP contribution in [0.1, 0.15) is 78.6 Å². The molecule has 2 aromatic carbocycles. The maximum Gasteiger partial charge on any atom is 0.248 e. The van der Waals surface area contributed by atoms with E-state index in [0.29, 0.717) is 17.7 Å². The molecule has 0 radical (unpaired) electrons. The van der Waals surface area contributed by atoms with Gasteiger partial charge in [-0.25, -0.2) is 8.78 Å². The fourth-order valence-electron chi connectivity index (χ4n) is 6.81. The molecule has 5 atom stereocenters. The summed E-state index contributed by atoms with van der Waals surface area (Å²) in [5.41, 5.74) is 0.955. The van der Waals surface area contributed by atoms with E-state index in [1.807, 2.05) is 55.7 Å². The number of benzene rings is 2. The van der Waals surface area contributed by atoms with Crippen LogP contribution in [0.25, 0.3) is 11.1 Å². The van der Waals surface area contributed by atoms with Gasteiger partial charge in [0.15, 0.2) is 0 Å². The maximum atomic E-state index is 15.2. The third-order valence-electron chi connectivity index (χ3n) is 9.94. The van der Waals surface area contributed by atoms with Crippen LogP contribution in [-0.4, -0.2) is 112 Å². The smallest absolute Gasteiger partial charge is 0.248 e. The van der Waals surface area contributed by atoms with Crippen LogP contribution >= 0.6 is 15.9 Å². The lowest BCUT2D eigenvalue weighted by atomic mass is 9.82. The lowest BCUT2D eigenvalue weighted by Crippen LogP contribution is -2.57. The number of aliphatic hydroxyl groups excluding tert-OH is 1. The summed E-state index contributed by atoms with van der Waals surface area (Å²) < 4.78 is 31.5. The molecule has 344 valence electrons. The first-order chi connectivity index (χ1) is 29.7. The molecule has 0 saturated carbocycles. The number of rotatable bonds is 22. The van der Waals surface area contributed by atoms with Gasteiger partial charge >= 0.3 is 0 Å². The first kappa shape index (κ1) is 51.7. The molecule has 0 bridgehead atoms. The van der Waals surface area contributed by atoms with Crippen molar-refractivity contribution in [3.8, 4) is 11.1 Å². The normalized spacial score (nSPS) is 13.6. The molecule has 0 aliphatic rings. The van der Waals surface area contributed by atoms with Crippen molar-refractivity contribution in [2.45, 2.75) is 98.1 Å². The van der Waals surface area contributed by atoms with Gasteiger partial charge in [0.25, 0.3) is 0 Å². The molecule has 16 nitrogen and oxygen atoms in total. The number of halogens is 3. The molecule has 19 heteroatoms. The standard InChI is InChI=1S/C44H59BrF2N8O8/c1-26(50-29(4)57)40(60)51-27(2)41(61)52-28(3)42(62)53-35(43(63)49-18-11-17-48-37(58)22-45)16-19-55(38(59)25-56)39(44(5,6)7)36-20-31(33-21-32(46)14-15-34(33)47)24-54(36)23-30-12-9-8-10-13-30/h8-10,12-15,20-21,24,26-28,35,39,56H,11,16-19,22-23,25H2,1-7H3,(H,48,58)(H,49,63)(H,50,57)(H,51,60)(H,52,61)(H,53,62)/t26-,27-,28-,35-,39-/m0/s1. The summed E-state index contributed by atoms with van der Waals surface area (Å²) >= 11 is 3.07. The van der Waals surface area contributed by atoms with Crippen molar-refractivity contribution < 1.29 is 47.4 Å². The van der Waals surface area contributed by atoms with Gasteiger partial charge in [-0.1, -0.05) is 67.0 Å². The summed E-state index contributed by atoms with van der Waals surface area (Å²) in [6, 6.07) is 8.75. The summed E-state index contributed by atoms with van der Waals surface area (Å²) in [5, 5.41) is 25.9. The lowest BCUT2D eigenvalue weighted by Gasteiger charge is -2.41. The molecule has 0 aliphatic carbocycles. The highest BCUT2D eigenvalue weighted by molar-refractivity contribution is 9.09. The molecule has 0 aliphatic heterocycles. The quantitative estimate of drug-likeness (QED) is 0.0586. The van der Waals surface area contributed by atoms with Crippen molar-refractivity contribution in [2.24, 2.45) is 5.41 Å². The summed E-state index contributed by atoms with van der Waals surface area (Å²) in [6.45, 7) is 10.6. The summed E-state index contributed by atoms with van der Waals surface area (Å²) in [5.74, 6) is -5.47. The monoisotopic (exact) mass is 944 g/mol. The van der Waals surface area contributed by atoms with Gasteiger partial charge < -0.3 is 46.5 Å². The van der Waals surface area contributed by atoms with E-state index in [1.165, 1.54) is 32.6 Å². The van der Waals surface area contributed by atoms with Gasteiger partial charge in [0, 0.05) is 56.1 Å². The third-order valence-corrected chi connectivity index (χ3v) is 10.4. The van der Waals surface area contributed by atoms with E-state index < -0.39 is 89.3 Å². The maximum absolute atomic E-state index is 15.2. The van der Waals surface area contributed by atoms with Gasteiger partial charge in [-0.15, -0.1) is 0 Å². The number of nitrogens with one attached hydrogen (secondary N) is 6. The lowest BCUT2D eigenvalue weighted by molar-refractivity contribution is -0.140. The second kappa shape index (κ2) is 24.2. The Morgan fingerprint density at radius 2 is 1.38 bits per heavy atom. The number of carbonyl (C=O) groups is 7. The zero-order valence-corrected chi connectivity index (χ0v) is 38.2. The van der Waals surface area contributed by atoms with Crippen LogP contribution in [0.2, 0.25) is 0 Å². The Morgan fingerprint density at radius 3 is 1.95 bits per heavy atom. The molecular weight excluding hydrogens is 886 g/mol. The Balaban J connectivity index is 1.98. The minimum Gasteiger partial charge on any atom is -0.387 e. The Bertz CT molecular complexity index is 2080. The van der Waals surface area contributed by atoms with Crippen LogP contribution < -0.4 is 31.9 Å². The second-order valence-corrected chi connectivity index (χ2v) is 16.8. The van der Waals surface area contributed by atoms with E-state index >= 15 is 4.39 Å². The Morgan fingerprint density at radius 1 is 0.794 bits per heavy atom. The number of aliphatic hydroxyl groups is 1. The number of nitrogens with zero attached hydrogens (tertiary/aromatic N) is 2. The van der Waals surface area contributed by atoms with Gasteiger partial charge in [0.2, 0.25) is 41.4 Å². The predicted octanol–water partition coefficient (Wildman–Crippen LogP) is 2.82. The minimum atomic E-state index is -1.30. The van der Waals surface area contributed by atoms with Crippen molar-refractivity contribution in [1.29, 1.82) is 0 Å². The molecule has 0 spiro atoms. The molecule has 0 unspecified atom stereocenters. The molecule has 3 rings (SSSR count). The summed E-state index contributed by atoms with van der Waals surface area (Å²) in [6.07, 6.45) is 1.83. The molecule has 3 aromatic rings. The van der Waals surface area contributed by atoms with Crippen molar-refractivity contribution >= 4 is 57.3 Å². The summed E-state index contributed by atoms with van der Waals surface area (Å²) in [4.78, 5) is 91.2. The van der Waals surface area contributed by atoms with Gasteiger partial charge in [-0.2, -0.15) is 0 Å². The van der Waals surface area contributed by atoms with Crippen molar-refractivity contribution in [3.05, 3.63) is 83.7 Å². The highest BCUT2D eigenvalue weighted by atomic mass is 79.9. The van der Waals surface area contributed by atoms with Crippen LogP contribution in [0, 0.1) is 17.0 Å². The van der Waals surface area contributed by atoms with Gasteiger partial charge in [-0.05, 0) is 68.9 Å². The van der Waals surface area contributed by atoms with Crippen LogP contribution in [0.15, 0.2) is 60.8 Å². The number of alkyl halides is 1.